The molecule has 9 heteroatoms. The molecular formula is C31H45NO8. The molecule has 1 aromatic carbocycles. The number of aliphatic hydroxyl groups is 4. The van der Waals surface area contributed by atoms with Crippen LogP contribution in [0.2, 0.25) is 0 Å². The summed E-state index contributed by atoms with van der Waals surface area (Å²) in [5, 5.41) is 51.2. The number of hydrogen-bond donors (Lipinski definition) is 5. The molecule has 4 aliphatic carbocycles. The fraction of sp³-hybridized carbons (Fsp3) is 0.742. The molecule has 4 saturated carbocycles. The van der Waals surface area contributed by atoms with Gasteiger partial charge >= 0.3 is 11.9 Å². The van der Waals surface area contributed by atoms with Crippen LogP contribution in [-0.2, 0) is 14.3 Å². The van der Waals surface area contributed by atoms with Crippen molar-refractivity contribution in [2.75, 3.05) is 12.4 Å². The van der Waals surface area contributed by atoms with E-state index in [1.807, 2.05) is 0 Å². The molecule has 10 atom stereocenters. The maximum atomic E-state index is 13.7. The second-order valence-corrected chi connectivity index (χ2v) is 13.3. The zero-order valence-corrected chi connectivity index (χ0v) is 24.3. The summed E-state index contributed by atoms with van der Waals surface area (Å²) in [6, 6.07) is 6.97. The number of nitrogens with one attached hydrogen (secondary N) is 1. The lowest BCUT2D eigenvalue weighted by Gasteiger charge is -2.69. The molecule has 4 fully saturated rings. The van der Waals surface area contributed by atoms with Gasteiger partial charge in [0.1, 0.15) is 23.4 Å². The van der Waals surface area contributed by atoms with Crippen LogP contribution in [0, 0.1) is 22.7 Å². The third-order valence-electron chi connectivity index (χ3n) is 11.9. The summed E-state index contributed by atoms with van der Waals surface area (Å²) in [5.74, 6) is -1.46. The van der Waals surface area contributed by atoms with E-state index < -0.39 is 63.8 Å². The molecule has 1 aromatic rings. The van der Waals surface area contributed by atoms with Crippen LogP contribution >= 0.6 is 0 Å². The minimum Gasteiger partial charge on any atom is -0.460 e. The van der Waals surface area contributed by atoms with Crippen LogP contribution in [0.25, 0.3) is 0 Å². The number of carbonyl (C=O) groups is 2. The van der Waals surface area contributed by atoms with Crippen LogP contribution in [0.4, 0.5) is 5.69 Å². The number of aliphatic hydroxyl groups excluding tert-OH is 1. The lowest BCUT2D eigenvalue weighted by molar-refractivity contribution is -0.340. The Morgan fingerprint density at radius 1 is 1.02 bits per heavy atom. The summed E-state index contributed by atoms with van der Waals surface area (Å²) in [5.41, 5.74) is -6.23. The molecule has 40 heavy (non-hydrogen) atoms. The van der Waals surface area contributed by atoms with E-state index >= 15 is 0 Å². The zero-order valence-electron chi connectivity index (χ0n) is 24.3. The predicted octanol–water partition coefficient (Wildman–Crippen LogP) is 3.18. The first-order valence-electron chi connectivity index (χ1n) is 14.7. The van der Waals surface area contributed by atoms with Gasteiger partial charge in [-0.1, -0.05) is 26.0 Å². The normalized spacial score (nSPS) is 44.9. The predicted molar refractivity (Wildman–Crippen MR) is 147 cm³/mol. The summed E-state index contributed by atoms with van der Waals surface area (Å²) in [6.07, 6.45) is 0.779. The van der Waals surface area contributed by atoms with E-state index in [1.165, 1.54) is 6.92 Å². The number of anilines is 1. The van der Waals surface area contributed by atoms with Crippen LogP contribution in [-0.4, -0.2) is 74.5 Å². The van der Waals surface area contributed by atoms with Gasteiger partial charge in [-0.15, -0.1) is 0 Å². The maximum absolute atomic E-state index is 13.7. The summed E-state index contributed by atoms with van der Waals surface area (Å²) < 4.78 is 11.8. The van der Waals surface area contributed by atoms with E-state index in [9.17, 15) is 30.0 Å². The molecule has 0 bridgehead atoms. The van der Waals surface area contributed by atoms with Crippen molar-refractivity contribution in [1.82, 2.24) is 0 Å². The van der Waals surface area contributed by atoms with Crippen molar-refractivity contribution in [2.24, 2.45) is 22.7 Å². The Bertz CT molecular complexity index is 1180. The first-order valence-corrected chi connectivity index (χ1v) is 14.7. The Morgan fingerprint density at radius 3 is 2.40 bits per heavy atom. The Labute approximate surface area is 236 Å². The van der Waals surface area contributed by atoms with Crippen molar-refractivity contribution in [2.45, 2.75) is 114 Å². The highest BCUT2D eigenvalue weighted by molar-refractivity contribution is 5.95. The molecule has 9 nitrogen and oxygen atoms in total. The third kappa shape index (κ3) is 3.80. The third-order valence-corrected chi connectivity index (χ3v) is 11.9. The second-order valence-electron chi connectivity index (χ2n) is 13.3. The van der Waals surface area contributed by atoms with E-state index in [0.29, 0.717) is 43.4 Å². The number of benzene rings is 1. The van der Waals surface area contributed by atoms with Gasteiger partial charge in [-0.2, -0.15) is 0 Å². The van der Waals surface area contributed by atoms with Gasteiger partial charge in [-0.3, -0.25) is 4.79 Å². The fourth-order valence-electron chi connectivity index (χ4n) is 9.50. The number of esters is 2. The molecule has 222 valence electrons. The molecule has 0 heterocycles. The summed E-state index contributed by atoms with van der Waals surface area (Å²) in [7, 11) is 1.71. The average Bonchev–Trinajstić information content (AvgIpc) is 3.14. The van der Waals surface area contributed by atoms with Gasteiger partial charge in [-0.05, 0) is 87.7 Å². The van der Waals surface area contributed by atoms with Gasteiger partial charge in [0, 0.05) is 19.7 Å². The molecule has 0 aliphatic heterocycles. The van der Waals surface area contributed by atoms with Crippen molar-refractivity contribution in [1.29, 1.82) is 0 Å². The molecule has 0 unspecified atom stereocenters. The van der Waals surface area contributed by atoms with Crippen LogP contribution in [0.5, 0.6) is 0 Å². The van der Waals surface area contributed by atoms with Gasteiger partial charge in [0.15, 0.2) is 0 Å². The molecule has 5 N–H and O–H groups in total. The number of fused-ring (bicyclic) bond motifs is 5. The molecule has 0 saturated heterocycles. The molecule has 0 spiro atoms. The van der Waals surface area contributed by atoms with Crippen LogP contribution in [0.15, 0.2) is 24.3 Å². The van der Waals surface area contributed by atoms with Crippen LogP contribution in [0.3, 0.4) is 0 Å². The molecular weight excluding hydrogens is 514 g/mol. The highest BCUT2D eigenvalue weighted by atomic mass is 16.6. The van der Waals surface area contributed by atoms with E-state index in [-0.39, 0.29) is 25.2 Å². The topological polar surface area (TPSA) is 146 Å². The highest BCUT2D eigenvalue weighted by Crippen LogP contribution is 2.72. The number of rotatable bonds is 5. The van der Waals surface area contributed by atoms with E-state index in [0.717, 1.165) is 0 Å². The smallest absolute Gasteiger partial charge is 0.340 e. The van der Waals surface area contributed by atoms with Crippen molar-refractivity contribution in [3.05, 3.63) is 29.8 Å². The Balaban J connectivity index is 1.63. The SMILES string of the molecule is CNc1ccccc1C(=O)O[C@@H]1C[C@@H]2[C@@]3(C)CC[C@H](O)C[C@@H]3CC[C@@]2(O)[C@@]2(O)CC[C@@](O)([C@H](C)OC(C)=O)[C@@]12C. The highest BCUT2D eigenvalue weighted by Gasteiger charge is 2.82. The molecule has 0 aromatic heterocycles. The van der Waals surface area contributed by atoms with Gasteiger partial charge < -0.3 is 35.2 Å². The lowest BCUT2D eigenvalue weighted by atomic mass is 9.40. The molecule has 0 radical (unpaired) electrons. The minimum absolute atomic E-state index is 0.0587. The van der Waals surface area contributed by atoms with E-state index in [2.05, 4.69) is 12.2 Å². The minimum atomic E-state index is -1.83. The number of carbonyl (C=O) groups excluding carboxylic acids is 2. The Kier molecular flexibility index (Phi) is 7.09. The Morgan fingerprint density at radius 2 is 1.73 bits per heavy atom. The fourth-order valence-corrected chi connectivity index (χ4v) is 9.50. The van der Waals surface area contributed by atoms with Crippen molar-refractivity contribution >= 4 is 17.6 Å². The molecule has 5 rings (SSSR count). The maximum Gasteiger partial charge on any atom is 0.340 e. The van der Waals surface area contributed by atoms with E-state index in [1.54, 1.807) is 45.2 Å². The summed E-state index contributed by atoms with van der Waals surface area (Å²) >= 11 is 0. The molecule has 4 aliphatic rings. The van der Waals surface area contributed by atoms with E-state index in [4.69, 9.17) is 9.47 Å². The first-order chi connectivity index (χ1) is 18.7. The van der Waals surface area contributed by atoms with Crippen LogP contribution < -0.4 is 5.32 Å². The van der Waals surface area contributed by atoms with Gasteiger partial charge in [0.25, 0.3) is 0 Å². The van der Waals surface area contributed by atoms with Crippen molar-refractivity contribution in [3.63, 3.8) is 0 Å². The number of para-hydroxylation sites is 1. The second kappa shape index (κ2) is 9.68. The quantitative estimate of drug-likeness (QED) is 0.343. The first kappa shape index (κ1) is 29.3. The van der Waals surface area contributed by atoms with Crippen molar-refractivity contribution < 1.29 is 39.5 Å². The van der Waals surface area contributed by atoms with Gasteiger partial charge in [-0.25, -0.2) is 4.79 Å². The zero-order chi connectivity index (χ0) is 29.3. The summed E-state index contributed by atoms with van der Waals surface area (Å²) in [4.78, 5) is 25.7. The number of ether oxygens (including phenoxy) is 2. The Hall–Kier alpha value is -2.20. The summed E-state index contributed by atoms with van der Waals surface area (Å²) in [6.45, 7) is 6.65. The largest absolute Gasteiger partial charge is 0.460 e. The lowest BCUT2D eigenvalue weighted by Crippen LogP contribution is -2.79. The average molecular weight is 560 g/mol. The van der Waals surface area contributed by atoms with Crippen LogP contribution in [0.1, 0.15) is 89.4 Å². The molecule has 0 amide bonds. The monoisotopic (exact) mass is 559 g/mol. The number of hydrogen-bond acceptors (Lipinski definition) is 9. The van der Waals surface area contributed by atoms with Crippen molar-refractivity contribution in [3.8, 4) is 0 Å². The standard InChI is InChI=1S/C31H45NO8/c1-18(39-19(2)33)29(36)14-15-31(38)28(29,4)25(40-26(35)22-8-6-7-9-23(22)32-5)17-24-27(3)12-11-21(34)16-20(27)10-13-30(24,31)37/h6-9,18,20-21,24-25,32,34,36-38H,10-17H2,1-5H3/t18-,20-,21-,24+,25+,27-,28+,29+,30-,31+/m0/s1. The van der Waals surface area contributed by atoms with Gasteiger partial charge in [0.2, 0.25) is 0 Å². The van der Waals surface area contributed by atoms with Gasteiger partial charge in [0.05, 0.1) is 22.7 Å².